The van der Waals surface area contributed by atoms with Gasteiger partial charge in [-0.2, -0.15) is 0 Å². The summed E-state index contributed by atoms with van der Waals surface area (Å²) in [5.41, 5.74) is 5.09. The van der Waals surface area contributed by atoms with E-state index >= 15 is 0 Å². The van der Waals surface area contributed by atoms with Crippen LogP contribution >= 0.6 is 0 Å². The molecule has 0 saturated carbocycles. The molecule has 1 aliphatic heterocycles. The number of benzene rings is 1. The molecule has 120 valence electrons. The minimum Gasteiger partial charge on any atom is -0.357 e. The molecular weight excluding hydrogens is 305 g/mol. The number of nitrogens with one attached hydrogen (secondary N) is 1. The van der Waals surface area contributed by atoms with Gasteiger partial charge in [-0.15, -0.1) is 0 Å². The summed E-state index contributed by atoms with van der Waals surface area (Å²) in [7, 11) is 1.80. The normalized spacial score (nSPS) is 13.9. The summed E-state index contributed by atoms with van der Waals surface area (Å²) < 4.78 is 13.3. The van der Waals surface area contributed by atoms with Crippen LogP contribution in [0, 0.1) is 5.82 Å². The van der Waals surface area contributed by atoms with E-state index in [0.29, 0.717) is 12.1 Å². The Labute approximate surface area is 139 Å². The monoisotopic (exact) mass is 321 g/mol. The first-order valence-electron chi connectivity index (χ1n) is 7.82. The number of likely N-dealkylation sites (N-methyl/N-ethyl adjacent to an activating group) is 1. The highest BCUT2D eigenvalue weighted by atomic mass is 19.1. The van der Waals surface area contributed by atoms with Gasteiger partial charge in [-0.3, -0.25) is 9.78 Å². The number of amides is 1. The molecule has 1 N–H and O–H groups in total. The summed E-state index contributed by atoms with van der Waals surface area (Å²) >= 11 is 0. The molecule has 4 rings (SSSR count). The Morgan fingerprint density at radius 1 is 1.04 bits per heavy atom. The van der Waals surface area contributed by atoms with Crippen LogP contribution in [0.25, 0.3) is 22.4 Å². The molecule has 5 heteroatoms. The highest BCUT2D eigenvalue weighted by Gasteiger charge is 2.30. The molecule has 0 aliphatic carbocycles. The van der Waals surface area contributed by atoms with Crippen LogP contribution in [0.3, 0.4) is 0 Å². The summed E-state index contributed by atoms with van der Waals surface area (Å²) in [5.74, 6) is -0.302. The van der Waals surface area contributed by atoms with E-state index in [4.69, 9.17) is 0 Å². The van der Waals surface area contributed by atoms with Crippen molar-refractivity contribution in [2.75, 3.05) is 13.6 Å². The SMILES string of the molecule is CN1CCc2[nH]c(-c3ccncc3)c(-c3ccc(F)cc3)c2C1=O. The smallest absolute Gasteiger partial charge is 0.256 e. The molecule has 0 spiro atoms. The highest BCUT2D eigenvalue weighted by molar-refractivity contribution is 6.06. The lowest BCUT2D eigenvalue weighted by Crippen LogP contribution is -2.34. The maximum absolute atomic E-state index is 13.3. The van der Waals surface area contributed by atoms with Crippen molar-refractivity contribution in [3.63, 3.8) is 0 Å². The van der Waals surface area contributed by atoms with E-state index in [2.05, 4.69) is 9.97 Å². The molecular formula is C19H16FN3O. The molecule has 24 heavy (non-hydrogen) atoms. The van der Waals surface area contributed by atoms with Crippen molar-refractivity contribution in [1.82, 2.24) is 14.9 Å². The van der Waals surface area contributed by atoms with Crippen LogP contribution < -0.4 is 0 Å². The number of aromatic nitrogens is 2. The fraction of sp³-hybridized carbons (Fsp3) is 0.158. The van der Waals surface area contributed by atoms with Gasteiger partial charge in [0.15, 0.2) is 0 Å². The number of hydrogen-bond acceptors (Lipinski definition) is 2. The fourth-order valence-electron chi connectivity index (χ4n) is 3.19. The van der Waals surface area contributed by atoms with E-state index in [9.17, 15) is 9.18 Å². The molecule has 0 bridgehead atoms. The summed E-state index contributed by atoms with van der Waals surface area (Å²) in [6.45, 7) is 0.686. The lowest BCUT2D eigenvalue weighted by atomic mass is 9.94. The number of hydrogen-bond donors (Lipinski definition) is 1. The van der Waals surface area contributed by atoms with Crippen LogP contribution in [-0.2, 0) is 6.42 Å². The van der Waals surface area contributed by atoms with Crippen molar-refractivity contribution in [3.8, 4) is 22.4 Å². The number of carbonyl (C=O) groups is 1. The predicted molar refractivity (Wildman–Crippen MR) is 90.1 cm³/mol. The van der Waals surface area contributed by atoms with E-state index in [1.807, 2.05) is 12.1 Å². The zero-order valence-electron chi connectivity index (χ0n) is 13.2. The molecule has 0 saturated heterocycles. The highest BCUT2D eigenvalue weighted by Crippen LogP contribution is 2.38. The number of nitrogens with zero attached hydrogens (tertiary/aromatic N) is 2. The Morgan fingerprint density at radius 3 is 2.46 bits per heavy atom. The molecule has 2 aromatic heterocycles. The van der Waals surface area contributed by atoms with Crippen LogP contribution in [0.5, 0.6) is 0 Å². The van der Waals surface area contributed by atoms with Gasteiger partial charge in [0.25, 0.3) is 5.91 Å². The molecule has 1 amide bonds. The predicted octanol–water partition coefficient (Wildman–Crippen LogP) is 3.51. The van der Waals surface area contributed by atoms with Gasteiger partial charge in [0.05, 0.1) is 11.3 Å². The van der Waals surface area contributed by atoms with Gasteiger partial charge in [0, 0.05) is 49.2 Å². The average molecular weight is 321 g/mol. The van der Waals surface area contributed by atoms with E-state index < -0.39 is 0 Å². The number of rotatable bonds is 2. The summed E-state index contributed by atoms with van der Waals surface area (Å²) in [6, 6.07) is 10.1. The second kappa shape index (κ2) is 5.60. The van der Waals surface area contributed by atoms with Crippen LogP contribution in [0.1, 0.15) is 16.1 Å². The maximum Gasteiger partial charge on any atom is 0.256 e. The number of carbonyl (C=O) groups excluding carboxylic acids is 1. The van der Waals surface area contributed by atoms with Crippen LogP contribution in [0.4, 0.5) is 4.39 Å². The van der Waals surface area contributed by atoms with Gasteiger partial charge >= 0.3 is 0 Å². The molecule has 3 heterocycles. The second-order valence-electron chi connectivity index (χ2n) is 5.95. The van der Waals surface area contributed by atoms with Crippen molar-refractivity contribution in [2.24, 2.45) is 0 Å². The van der Waals surface area contributed by atoms with Crippen molar-refractivity contribution in [3.05, 3.63) is 65.9 Å². The quantitative estimate of drug-likeness (QED) is 0.785. The first kappa shape index (κ1) is 14.6. The summed E-state index contributed by atoms with van der Waals surface area (Å²) in [5, 5.41) is 0. The van der Waals surface area contributed by atoms with Crippen molar-refractivity contribution < 1.29 is 9.18 Å². The number of H-pyrrole nitrogens is 1. The Morgan fingerprint density at radius 2 is 1.75 bits per heavy atom. The molecule has 0 fully saturated rings. The van der Waals surface area contributed by atoms with Gasteiger partial charge in [0.2, 0.25) is 0 Å². The Bertz CT molecular complexity index is 900. The van der Waals surface area contributed by atoms with Gasteiger partial charge in [-0.05, 0) is 29.8 Å². The number of halogens is 1. The molecule has 0 radical (unpaired) electrons. The van der Waals surface area contributed by atoms with Gasteiger partial charge in [-0.1, -0.05) is 12.1 Å². The maximum atomic E-state index is 13.3. The van der Waals surface area contributed by atoms with Crippen LogP contribution in [0.2, 0.25) is 0 Å². The molecule has 1 aromatic carbocycles. The van der Waals surface area contributed by atoms with Crippen LogP contribution in [0.15, 0.2) is 48.8 Å². The third kappa shape index (κ3) is 2.29. The lowest BCUT2D eigenvalue weighted by Gasteiger charge is -2.23. The average Bonchev–Trinajstić information content (AvgIpc) is 3.00. The van der Waals surface area contributed by atoms with Crippen molar-refractivity contribution in [2.45, 2.75) is 6.42 Å². The number of fused-ring (bicyclic) bond motifs is 1. The largest absolute Gasteiger partial charge is 0.357 e. The fourth-order valence-corrected chi connectivity index (χ4v) is 3.19. The van der Waals surface area contributed by atoms with E-state index in [1.165, 1.54) is 12.1 Å². The van der Waals surface area contributed by atoms with Gasteiger partial charge < -0.3 is 9.88 Å². The van der Waals surface area contributed by atoms with E-state index in [1.54, 1.807) is 36.5 Å². The summed E-state index contributed by atoms with van der Waals surface area (Å²) in [6.07, 6.45) is 4.21. The van der Waals surface area contributed by atoms with E-state index in [-0.39, 0.29) is 11.7 Å². The minimum atomic E-state index is -0.294. The van der Waals surface area contributed by atoms with Gasteiger partial charge in [0.1, 0.15) is 5.82 Å². The standard InChI is InChI=1S/C19H16FN3O/c1-23-11-8-15-17(19(23)24)16(12-2-4-14(20)5-3-12)18(22-15)13-6-9-21-10-7-13/h2-7,9-10,22H,8,11H2,1H3. The number of pyridine rings is 1. The summed E-state index contributed by atoms with van der Waals surface area (Å²) in [4.78, 5) is 21.9. The zero-order chi connectivity index (χ0) is 16.7. The molecule has 4 nitrogen and oxygen atoms in total. The third-order valence-electron chi connectivity index (χ3n) is 4.44. The Kier molecular flexibility index (Phi) is 3.41. The number of aromatic amines is 1. The topological polar surface area (TPSA) is 49.0 Å². The zero-order valence-corrected chi connectivity index (χ0v) is 13.2. The molecule has 0 unspecified atom stereocenters. The molecule has 0 atom stereocenters. The first-order chi connectivity index (χ1) is 11.6. The Hall–Kier alpha value is -2.95. The minimum absolute atomic E-state index is 0.00729. The van der Waals surface area contributed by atoms with Crippen LogP contribution in [-0.4, -0.2) is 34.4 Å². The van der Waals surface area contributed by atoms with Crippen molar-refractivity contribution >= 4 is 5.91 Å². The molecule has 3 aromatic rings. The molecule has 1 aliphatic rings. The van der Waals surface area contributed by atoms with Gasteiger partial charge in [-0.25, -0.2) is 4.39 Å². The van der Waals surface area contributed by atoms with Crippen molar-refractivity contribution in [1.29, 1.82) is 0 Å². The Balaban J connectivity index is 1.99. The van der Waals surface area contributed by atoms with E-state index in [0.717, 1.165) is 34.5 Å². The first-order valence-corrected chi connectivity index (χ1v) is 7.82. The second-order valence-corrected chi connectivity index (χ2v) is 5.95. The lowest BCUT2D eigenvalue weighted by molar-refractivity contribution is 0.0781. The third-order valence-corrected chi connectivity index (χ3v) is 4.44.